The molecule has 0 aliphatic heterocycles. The number of hydrogen-bond acceptors (Lipinski definition) is 4. The molecule has 3 rings (SSSR count). The van der Waals surface area contributed by atoms with Crippen molar-refractivity contribution in [2.24, 2.45) is 0 Å². The van der Waals surface area contributed by atoms with E-state index in [-0.39, 0.29) is 5.97 Å². The molecule has 0 amide bonds. The van der Waals surface area contributed by atoms with Crippen LogP contribution in [0.25, 0.3) is 0 Å². The summed E-state index contributed by atoms with van der Waals surface area (Å²) in [5, 5.41) is 7.54. The average molecular weight is 411 g/mol. The lowest BCUT2D eigenvalue weighted by Gasteiger charge is -2.14. The predicted octanol–water partition coefficient (Wildman–Crippen LogP) is 5.55. The first-order chi connectivity index (χ1) is 13.5. The molecule has 0 bridgehead atoms. The number of methoxy groups -OCH3 is 1. The minimum Gasteiger partial charge on any atom is -0.465 e. The van der Waals surface area contributed by atoms with Crippen LogP contribution in [0, 0.1) is 13.8 Å². The average Bonchev–Trinajstić information content (AvgIpc) is 3.07. The Labute approximate surface area is 174 Å². The fourth-order valence-corrected chi connectivity index (χ4v) is 4.29. The molecule has 144 valence electrons. The van der Waals surface area contributed by atoms with Gasteiger partial charge in [0.2, 0.25) is 0 Å². The Hall–Kier alpha value is -2.70. The monoisotopic (exact) mass is 410 g/mol. The van der Waals surface area contributed by atoms with Gasteiger partial charge in [-0.3, -0.25) is 0 Å². The normalized spacial score (nSPS) is 10.4. The summed E-state index contributed by atoms with van der Waals surface area (Å²) in [6.45, 7) is 4.06. The fraction of sp³-hybridized carbons (Fsp3) is 0.182. The summed E-state index contributed by atoms with van der Waals surface area (Å²) >= 11 is 7.00. The number of nitrogens with one attached hydrogen (secondary N) is 2. The first kappa shape index (κ1) is 20.0. The van der Waals surface area contributed by atoms with E-state index in [4.69, 9.17) is 17.0 Å². The van der Waals surface area contributed by atoms with Gasteiger partial charge in [0.15, 0.2) is 5.11 Å². The van der Waals surface area contributed by atoms with Crippen LogP contribution >= 0.6 is 23.6 Å². The largest absolute Gasteiger partial charge is 0.465 e. The van der Waals surface area contributed by atoms with Crippen LogP contribution in [0.4, 0.5) is 10.7 Å². The maximum atomic E-state index is 12.2. The second-order valence-corrected chi connectivity index (χ2v) is 8.00. The number of ether oxygens (including phenoxy) is 1. The van der Waals surface area contributed by atoms with Crippen molar-refractivity contribution < 1.29 is 9.53 Å². The smallest absolute Gasteiger partial charge is 0.340 e. The number of aryl methyl sites for hydroxylation is 2. The minimum absolute atomic E-state index is 0.382. The van der Waals surface area contributed by atoms with Crippen molar-refractivity contribution in [1.82, 2.24) is 0 Å². The predicted molar refractivity (Wildman–Crippen MR) is 121 cm³/mol. The topological polar surface area (TPSA) is 50.4 Å². The van der Waals surface area contributed by atoms with Gasteiger partial charge in [0, 0.05) is 17.0 Å². The van der Waals surface area contributed by atoms with Gasteiger partial charge in [-0.1, -0.05) is 48.5 Å². The first-order valence-electron chi connectivity index (χ1n) is 8.87. The molecular formula is C22H22N2O2S2. The maximum absolute atomic E-state index is 12.2. The van der Waals surface area contributed by atoms with Gasteiger partial charge in [-0.05, 0) is 48.8 Å². The fourth-order valence-electron chi connectivity index (χ4n) is 2.94. The van der Waals surface area contributed by atoms with E-state index in [0.717, 1.165) is 28.1 Å². The number of benzene rings is 2. The van der Waals surface area contributed by atoms with E-state index in [0.29, 0.717) is 15.7 Å². The second kappa shape index (κ2) is 8.99. The van der Waals surface area contributed by atoms with Crippen molar-refractivity contribution in [3.05, 3.63) is 81.7 Å². The van der Waals surface area contributed by atoms with Crippen molar-refractivity contribution >= 4 is 45.3 Å². The SMILES string of the molecule is COC(=O)c1cc(Cc2ccccc2)sc1NC(=S)Nc1c(C)cccc1C. The molecule has 2 N–H and O–H groups in total. The standard InChI is InChI=1S/C22H22N2O2S2/c1-14-8-7-9-15(2)19(14)23-22(27)24-20-18(21(25)26-3)13-17(28-20)12-16-10-5-4-6-11-16/h4-11,13H,12H2,1-3H3,(H2,23,24,27). The molecule has 1 aromatic heterocycles. The highest BCUT2D eigenvalue weighted by atomic mass is 32.1. The Kier molecular flexibility index (Phi) is 6.44. The highest BCUT2D eigenvalue weighted by Gasteiger charge is 2.18. The molecule has 4 nitrogen and oxygen atoms in total. The lowest BCUT2D eigenvalue weighted by atomic mass is 10.1. The highest BCUT2D eigenvalue weighted by molar-refractivity contribution is 7.80. The van der Waals surface area contributed by atoms with Crippen molar-refractivity contribution in [3.63, 3.8) is 0 Å². The van der Waals surface area contributed by atoms with Gasteiger partial charge in [-0.15, -0.1) is 11.3 Å². The van der Waals surface area contributed by atoms with E-state index in [9.17, 15) is 4.79 Å². The maximum Gasteiger partial charge on any atom is 0.340 e. The molecule has 0 fully saturated rings. The molecule has 0 spiro atoms. The number of rotatable bonds is 5. The first-order valence-corrected chi connectivity index (χ1v) is 10.1. The second-order valence-electron chi connectivity index (χ2n) is 6.46. The lowest BCUT2D eigenvalue weighted by Crippen LogP contribution is -2.21. The van der Waals surface area contributed by atoms with E-state index in [1.807, 2.05) is 56.3 Å². The molecule has 6 heteroatoms. The number of para-hydroxylation sites is 1. The van der Waals surface area contributed by atoms with Gasteiger partial charge in [0.25, 0.3) is 0 Å². The Morgan fingerprint density at radius 1 is 1.04 bits per heavy atom. The summed E-state index contributed by atoms with van der Waals surface area (Å²) < 4.78 is 4.94. The van der Waals surface area contributed by atoms with E-state index < -0.39 is 0 Å². The third-order valence-electron chi connectivity index (χ3n) is 4.36. The van der Waals surface area contributed by atoms with Crippen molar-refractivity contribution in [2.75, 3.05) is 17.7 Å². The van der Waals surface area contributed by atoms with Gasteiger partial charge in [0.1, 0.15) is 5.00 Å². The summed E-state index contributed by atoms with van der Waals surface area (Å²) in [6.07, 6.45) is 0.744. The van der Waals surface area contributed by atoms with Crippen LogP contribution in [0.1, 0.15) is 31.9 Å². The van der Waals surface area contributed by atoms with Crippen LogP contribution in [0.5, 0.6) is 0 Å². The van der Waals surface area contributed by atoms with E-state index in [2.05, 4.69) is 22.8 Å². The number of carbonyl (C=O) groups excluding carboxylic acids is 1. The Bertz CT molecular complexity index is 977. The molecule has 0 aliphatic rings. The third-order valence-corrected chi connectivity index (χ3v) is 5.61. The molecule has 3 aromatic rings. The molecule has 0 aliphatic carbocycles. The number of thiocarbonyl (C=S) groups is 1. The highest BCUT2D eigenvalue weighted by Crippen LogP contribution is 2.31. The van der Waals surface area contributed by atoms with Crippen LogP contribution in [0.2, 0.25) is 0 Å². The van der Waals surface area contributed by atoms with Crippen LogP contribution in [-0.2, 0) is 11.2 Å². The van der Waals surface area contributed by atoms with Crippen molar-refractivity contribution in [2.45, 2.75) is 20.3 Å². The van der Waals surface area contributed by atoms with Crippen LogP contribution in [0.15, 0.2) is 54.6 Å². The van der Waals surface area contributed by atoms with Gasteiger partial charge in [-0.25, -0.2) is 4.79 Å². The van der Waals surface area contributed by atoms with Gasteiger partial charge in [0.05, 0.1) is 12.7 Å². The van der Waals surface area contributed by atoms with Crippen LogP contribution in [0.3, 0.4) is 0 Å². The Morgan fingerprint density at radius 2 is 1.71 bits per heavy atom. The summed E-state index contributed by atoms with van der Waals surface area (Å²) in [5.74, 6) is -0.382. The number of anilines is 2. The van der Waals surface area contributed by atoms with Gasteiger partial charge in [-0.2, -0.15) is 0 Å². The zero-order valence-corrected chi connectivity index (χ0v) is 17.7. The summed E-state index contributed by atoms with van der Waals surface area (Å²) in [4.78, 5) is 13.3. The third kappa shape index (κ3) is 4.77. The van der Waals surface area contributed by atoms with Crippen LogP contribution in [-0.4, -0.2) is 18.2 Å². The molecule has 0 unspecified atom stereocenters. The van der Waals surface area contributed by atoms with E-state index >= 15 is 0 Å². The van der Waals surface area contributed by atoms with Crippen molar-refractivity contribution in [1.29, 1.82) is 0 Å². The van der Waals surface area contributed by atoms with Crippen LogP contribution < -0.4 is 10.6 Å². The quantitative estimate of drug-likeness (QED) is 0.426. The molecule has 0 saturated heterocycles. The Morgan fingerprint density at radius 3 is 2.36 bits per heavy atom. The number of esters is 1. The molecule has 0 radical (unpaired) electrons. The Balaban J connectivity index is 1.81. The molecule has 1 heterocycles. The zero-order chi connectivity index (χ0) is 20.1. The van der Waals surface area contributed by atoms with Gasteiger partial charge < -0.3 is 15.4 Å². The lowest BCUT2D eigenvalue weighted by molar-refractivity contribution is 0.0602. The molecule has 0 atom stereocenters. The minimum atomic E-state index is -0.382. The van der Waals surface area contributed by atoms with E-state index in [1.165, 1.54) is 24.0 Å². The summed E-state index contributed by atoms with van der Waals surface area (Å²) in [5.41, 5.74) is 4.86. The molecule has 2 aromatic carbocycles. The number of hydrogen-bond donors (Lipinski definition) is 2. The molecular weight excluding hydrogens is 388 g/mol. The van der Waals surface area contributed by atoms with Gasteiger partial charge >= 0.3 is 5.97 Å². The molecule has 28 heavy (non-hydrogen) atoms. The number of carbonyl (C=O) groups is 1. The summed E-state index contributed by atoms with van der Waals surface area (Å²) in [7, 11) is 1.38. The van der Waals surface area contributed by atoms with E-state index in [1.54, 1.807) is 0 Å². The number of thiophene rings is 1. The van der Waals surface area contributed by atoms with Crippen molar-refractivity contribution in [3.8, 4) is 0 Å². The summed E-state index contributed by atoms with van der Waals surface area (Å²) in [6, 6.07) is 18.1. The zero-order valence-electron chi connectivity index (χ0n) is 16.0. The molecule has 0 saturated carbocycles.